The molecule has 0 amide bonds. The van der Waals surface area contributed by atoms with E-state index in [0.717, 1.165) is 60.8 Å². The lowest BCUT2D eigenvalue weighted by molar-refractivity contribution is 0.112. The fraction of sp³-hybridized carbons (Fsp3) is 0. The van der Waals surface area contributed by atoms with Crippen molar-refractivity contribution >= 4 is 118 Å². The lowest BCUT2D eigenvalue weighted by Gasteiger charge is -1.99. The Labute approximate surface area is 294 Å². The van der Waals surface area contributed by atoms with Gasteiger partial charge in [0, 0.05) is 60.1 Å². The molecule has 5 heterocycles. The fourth-order valence-corrected chi connectivity index (χ4v) is 7.28. The zero-order chi connectivity index (χ0) is 30.4. The lowest BCUT2D eigenvalue weighted by atomic mass is 10.1. The smallest absolute Gasteiger partial charge is 0.164 e. The van der Waals surface area contributed by atoms with E-state index in [2.05, 4.69) is 108 Å². The first-order valence-electron chi connectivity index (χ1n) is 13.7. The number of nitrogens with one attached hydrogen (secondary N) is 2. The van der Waals surface area contributed by atoms with Gasteiger partial charge in [-0.1, -0.05) is 6.07 Å². The molecule has 0 saturated carbocycles. The van der Waals surface area contributed by atoms with Gasteiger partial charge in [-0.3, -0.25) is 4.79 Å². The Morgan fingerprint density at radius 1 is 0.444 bits per heavy atom. The van der Waals surface area contributed by atoms with Crippen LogP contribution in [0.25, 0.3) is 89.7 Å². The van der Waals surface area contributed by atoms with Gasteiger partial charge in [0.05, 0.1) is 0 Å². The van der Waals surface area contributed by atoms with Gasteiger partial charge in [0.15, 0.2) is 23.3 Å². The van der Waals surface area contributed by atoms with Crippen molar-refractivity contribution in [1.82, 2.24) is 39.9 Å². The van der Waals surface area contributed by atoms with Gasteiger partial charge in [-0.25, -0.2) is 29.9 Å². The first-order valence-corrected chi connectivity index (χ1v) is 17.0. The van der Waals surface area contributed by atoms with E-state index in [0.29, 0.717) is 51.4 Å². The van der Waals surface area contributed by atoms with Gasteiger partial charge in [-0.05, 0) is 135 Å². The SMILES string of the molecule is O=Cc1ccc2c3nc4nc(nc5[nH]c(nc6nc(nc([nH]3)c2c1)-c1ccc(I)cc1-6)c1ccc(I)cc51)-c1ccc(I)cc1-4. The van der Waals surface area contributed by atoms with E-state index in [-0.39, 0.29) is 0 Å². The Hall–Kier alpha value is -3.90. The van der Waals surface area contributed by atoms with Crippen LogP contribution in [0.1, 0.15) is 10.4 Å². The highest BCUT2D eigenvalue weighted by Gasteiger charge is 2.23. The van der Waals surface area contributed by atoms with E-state index in [1.807, 2.05) is 36.4 Å². The highest BCUT2D eigenvalue weighted by Crippen LogP contribution is 2.38. The molecule has 0 atom stereocenters. The largest absolute Gasteiger partial charge is 0.324 e. The number of nitrogens with zero attached hydrogens (tertiary/aromatic N) is 6. The summed E-state index contributed by atoms with van der Waals surface area (Å²) in [5.74, 6) is 2.15. The minimum atomic E-state index is 0.516. The molecule has 2 aliphatic rings. The number of halogens is 3. The molecule has 0 aliphatic carbocycles. The van der Waals surface area contributed by atoms with Gasteiger partial charge in [0.2, 0.25) is 0 Å². The van der Waals surface area contributed by atoms with Crippen LogP contribution in [0.2, 0.25) is 0 Å². The van der Waals surface area contributed by atoms with Crippen LogP contribution in [0, 0.1) is 10.7 Å². The molecule has 9 rings (SSSR count). The number of rotatable bonds is 1. The maximum Gasteiger partial charge on any atom is 0.164 e. The molecule has 8 bridgehead atoms. The predicted octanol–water partition coefficient (Wildman–Crippen LogP) is 8.50. The summed E-state index contributed by atoms with van der Waals surface area (Å²) in [6, 6.07) is 23.9. The molecule has 214 valence electrons. The summed E-state index contributed by atoms with van der Waals surface area (Å²) in [4.78, 5) is 48.8. The number of hydrogen-bond acceptors (Lipinski definition) is 7. The Morgan fingerprint density at radius 3 is 1.40 bits per heavy atom. The molecule has 0 saturated heterocycles. The third kappa shape index (κ3) is 4.47. The quantitative estimate of drug-likeness (QED) is 0.125. The van der Waals surface area contributed by atoms with Crippen molar-refractivity contribution in [2.75, 3.05) is 0 Å². The normalized spacial score (nSPS) is 12.0. The molecule has 0 radical (unpaired) electrons. The molecular weight excluding hydrogens is 905 g/mol. The second-order valence-electron chi connectivity index (χ2n) is 10.6. The lowest BCUT2D eigenvalue weighted by Crippen LogP contribution is -1.84. The molecule has 9 nitrogen and oxygen atoms in total. The summed E-state index contributed by atoms with van der Waals surface area (Å²) >= 11 is 6.91. The zero-order valence-corrected chi connectivity index (χ0v) is 29.2. The Balaban J connectivity index is 1.51. The molecule has 4 aromatic carbocycles. The molecule has 0 unspecified atom stereocenters. The third-order valence-corrected chi connectivity index (χ3v) is 9.89. The third-order valence-electron chi connectivity index (χ3n) is 7.88. The highest BCUT2D eigenvalue weighted by atomic mass is 127. The Bertz CT molecular complexity index is 2620. The summed E-state index contributed by atoms with van der Waals surface area (Å²) in [7, 11) is 0. The van der Waals surface area contributed by atoms with Gasteiger partial charge < -0.3 is 9.97 Å². The van der Waals surface area contributed by atoms with Crippen molar-refractivity contribution in [3.05, 3.63) is 89.1 Å². The van der Waals surface area contributed by atoms with Crippen molar-refractivity contribution in [1.29, 1.82) is 0 Å². The molecule has 45 heavy (non-hydrogen) atoms. The number of carbonyl (C=O) groups is 1. The number of H-pyrrole nitrogens is 2. The molecule has 7 aromatic rings. The van der Waals surface area contributed by atoms with Crippen LogP contribution in [0.15, 0.2) is 72.8 Å². The average Bonchev–Trinajstić information content (AvgIpc) is 3.75. The number of aromatic nitrogens is 8. The minimum absolute atomic E-state index is 0.516. The Morgan fingerprint density at radius 2 is 0.867 bits per heavy atom. The van der Waals surface area contributed by atoms with Crippen LogP contribution < -0.4 is 0 Å². The molecule has 3 aromatic heterocycles. The number of aromatic amines is 2. The maximum atomic E-state index is 11.8. The number of aldehydes is 1. The van der Waals surface area contributed by atoms with Crippen LogP contribution in [-0.2, 0) is 0 Å². The van der Waals surface area contributed by atoms with Crippen molar-refractivity contribution < 1.29 is 4.79 Å². The molecule has 0 fully saturated rings. The van der Waals surface area contributed by atoms with Crippen LogP contribution >= 0.6 is 67.8 Å². The van der Waals surface area contributed by atoms with Gasteiger partial charge in [-0.2, -0.15) is 0 Å². The molecule has 2 N–H and O–H groups in total. The van der Waals surface area contributed by atoms with Crippen molar-refractivity contribution in [3.8, 4) is 45.6 Å². The zero-order valence-electron chi connectivity index (χ0n) is 22.7. The molecular formula is C33H15I3N8O. The molecule has 0 spiro atoms. The number of benzene rings is 4. The second kappa shape index (κ2) is 10.3. The van der Waals surface area contributed by atoms with Crippen LogP contribution in [0.4, 0.5) is 0 Å². The predicted molar refractivity (Wildman–Crippen MR) is 200 cm³/mol. The van der Waals surface area contributed by atoms with Crippen molar-refractivity contribution in [3.63, 3.8) is 0 Å². The average molecular weight is 920 g/mol. The van der Waals surface area contributed by atoms with Crippen LogP contribution in [0.3, 0.4) is 0 Å². The number of hydrogen-bond donors (Lipinski definition) is 2. The van der Waals surface area contributed by atoms with Gasteiger partial charge in [0.25, 0.3) is 0 Å². The van der Waals surface area contributed by atoms with E-state index in [4.69, 9.17) is 29.9 Å². The fourth-order valence-electron chi connectivity index (χ4n) is 5.80. The first-order chi connectivity index (χ1) is 21.9. The maximum absolute atomic E-state index is 11.8. The first kappa shape index (κ1) is 27.4. The Kier molecular flexibility index (Phi) is 6.28. The summed E-state index contributed by atoms with van der Waals surface area (Å²) in [5, 5.41) is 3.43. The van der Waals surface area contributed by atoms with E-state index < -0.39 is 0 Å². The van der Waals surface area contributed by atoms with Crippen molar-refractivity contribution in [2.24, 2.45) is 0 Å². The number of carbonyl (C=O) groups excluding carboxylic acids is 1. The van der Waals surface area contributed by atoms with E-state index in [9.17, 15) is 4.79 Å². The monoisotopic (exact) mass is 920 g/mol. The number of fused-ring (bicyclic) bond motifs is 20. The van der Waals surface area contributed by atoms with Crippen molar-refractivity contribution in [2.45, 2.75) is 0 Å². The topological polar surface area (TPSA) is 126 Å². The molecule has 12 heteroatoms. The minimum Gasteiger partial charge on any atom is -0.324 e. The van der Waals surface area contributed by atoms with Crippen LogP contribution in [-0.4, -0.2) is 46.2 Å². The van der Waals surface area contributed by atoms with E-state index >= 15 is 0 Å². The van der Waals surface area contributed by atoms with Gasteiger partial charge in [0.1, 0.15) is 28.9 Å². The summed E-state index contributed by atoms with van der Waals surface area (Å²) < 4.78 is 3.20. The van der Waals surface area contributed by atoms with Crippen LogP contribution in [0.5, 0.6) is 0 Å². The van der Waals surface area contributed by atoms with E-state index in [1.54, 1.807) is 6.07 Å². The second-order valence-corrected chi connectivity index (χ2v) is 14.3. The highest BCUT2D eigenvalue weighted by molar-refractivity contribution is 14.1. The summed E-state index contributed by atoms with van der Waals surface area (Å²) in [6.07, 6.45) is 0.829. The molecule has 2 aliphatic heterocycles. The summed E-state index contributed by atoms with van der Waals surface area (Å²) in [6.45, 7) is 0. The van der Waals surface area contributed by atoms with Gasteiger partial charge >= 0.3 is 0 Å². The van der Waals surface area contributed by atoms with Gasteiger partial charge in [-0.15, -0.1) is 0 Å². The summed E-state index contributed by atoms with van der Waals surface area (Å²) in [5.41, 5.74) is 6.48. The van der Waals surface area contributed by atoms with E-state index in [1.165, 1.54) is 0 Å². The standard InChI is InChI=1S/C33H15I3N8O/c34-15-2-6-19-23(10-15)32-40-27(19)38-30-22-9-14(13-45)1-5-18(22)26(37-30)39-31-24-11-16(35)3-7-20(24)28(41-31)43-33-25-12-17(36)4-8-21(25)29(42-32)44-33/h1-13H,(H2,37,38,39,40,41,42,43,44).